The molecule has 1 amide bonds. The topological polar surface area (TPSA) is 67.4 Å². The third-order valence-corrected chi connectivity index (χ3v) is 10.8. The summed E-state index contributed by atoms with van der Waals surface area (Å²) < 4.78 is 2.52. The molecular formula is C35H40ClN5O. The van der Waals surface area contributed by atoms with E-state index in [0.717, 1.165) is 50.2 Å². The Morgan fingerprint density at radius 2 is 1.64 bits per heavy atom. The Bertz CT molecular complexity index is 1580. The zero-order valence-electron chi connectivity index (χ0n) is 24.4. The average molecular weight is 582 g/mol. The van der Waals surface area contributed by atoms with E-state index in [-0.39, 0.29) is 11.3 Å². The van der Waals surface area contributed by atoms with Crippen molar-refractivity contribution in [2.45, 2.75) is 75.4 Å². The first-order chi connectivity index (χ1) is 20.4. The third-order valence-electron chi connectivity index (χ3n) is 10.5. The van der Waals surface area contributed by atoms with Gasteiger partial charge >= 0.3 is 0 Å². The number of fused-ring (bicyclic) bond motifs is 3. The summed E-state index contributed by atoms with van der Waals surface area (Å²) in [6, 6.07) is 26.6. The van der Waals surface area contributed by atoms with Gasteiger partial charge in [0.15, 0.2) is 0 Å². The molecule has 0 saturated carbocycles. The predicted molar refractivity (Wildman–Crippen MR) is 170 cm³/mol. The number of likely N-dealkylation sites (tertiary alicyclic amines) is 1. The van der Waals surface area contributed by atoms with Crippen molar-refractivity contribution in [2.24, 2.45) is 0 Å². The number of aromatic nitrogens is 2. The van der Waals surface area contributed by atoms with E-state index in [0.29, 0.717) is 34.4 Å². The standard InChI is InChI=1S/C35H40ClN5O/c1-24-38-32-9-5-6-10-33(32)41(24)29-22-27-12-13-28(23-29)40(27)20-17-35(26-7-3-2-4-8-26)15-18-39(19-16-35)34(42)25-11-14-30(36)31(37)21-25/h2-11,14,21,27-29H,12-13,15-20,22-23,37H2,1H3. The first-order valence-corrected chi connectivity index (χ1v) is 15.9. The number of nitrogens with two attached hydrogens (primary N) is 1. The second-order valence-electron chi connectivity index (χ2n) is 12.7. The van der Waals surface area contributed by atoms with Gasteiger partial charge in [0.1, 0.15) is 5.82 Å². The maximum absolute atomic E-state index is 13.4. The molecule has 1 aromatic heterocycles. The summed E-state index contributed by atoms with van der Waals surface area (Å²) in [6.07, 6.45) is 8.04. The van der Waals surface area contributed by atoms with Gasteiger partial charge in [0.05, 0.1) is 21.7 Å². The Balaban J connectivity index is 1.06. The number of halogens is 1. The first-order valence-electron chi connectivity index (χ1n) is 15.5. The Kier molecular flexibility index (Phi) is 7.23. The highest BCUT2D eigenvalue weighted by Crippen LogP contribution is 2.45. The fraction of sp³-hybridized carbons (Fsp3) is 0.429. The molecule has 3 aliphatic heterocycles. The van der Waals surface area contributed by atoms with Crippen LogP contribution in [0.5, 0.6) is 0 Å². The van der Waals surface area contributed by atoms with Gasteiger partial charge in [-0.05, 0) is 99.7 Å². The molecule has 7 rings (SSSR count). The van der Waals surface area contributed by atoms with Gasteiger partial charge in [-0.1, -0.05) is 54.1 Å². The van der Waals surface area contributed by atoms with Gasteiger partial charge in [0.2, 0.25) is 0 Å². The number of carbonyl (C=O) groups is 1. The lowest BCUT2D eigenvalue weighted by Crippen LogP contribution is -2.49. The Morgan fingerprint density at radius 3 is 2.36 bits per heavy atom. The van der Waals surface area contributed by atoms with E-state index in [1.807, 2.05) is 4.90 Å². The van der Waals surface area contributed by atoms with Gasteiger partial charge in [-0.2, -0.15) is 0 Å². The lowest BCUT2D eigenvalue weighted by molar-refractivity contribution is 0.0607. The minimum absolute atomic E-state index is 0.0439. The van der Waals surface area contributed by atoms with Crippen LogP contribution in [0.4, 0.5) is 5.69 Å². The number of para-hydroxylation sites is 2. The fourth-order valence-corrected chi connectivity index (χ4v) is 8.38. The predicted octanol–water partition coefficient (Wildman–Crippen LogP) is 7.01. The van der Waals surface area contributed by atoms with Crippen molar-refractivity contribution in [1.82, 2.24) is 19.4 Å². The van der Waals surface area contributed by atoms with Gasteiger partial charge in [-0.25, -0.2) is 4.98 Å². The SMILES string of the molecule is Cc1nc2ccccc2n1C1CC2CCC(C1)N2CCC1(c2ccccc2)CCN(C(=O)c2ccc(Cl)c(N)c2)CC1. The minimum Gasteiger partial charge on any atom is -0.398 e. The van der Waals surface area contributed by atoms with Crippen LogP contribution < -0.4 is 5.73 Å². The largest absolute Gasteiger partial charge is 0.398 e. The van der Waals surface area contributed by atoms with Crippen LogP contribution in [0.15, 0.2) is 72.8 Å². The molecule has 218 valence electrons. The normalized spacial score (nSPS) is 23.9. The molecule has 2 bridgehead atoms. The molecule has 3 aliphatic rings. The van der Waals surface area contributed by atoms with E-state index < -0.39 is 0 Å². The maximum atomic E-state index is 13.4. The van der Waals surface area contributed by atoms with E-state index in [1.165, 1.54) is 36.8 Å². The minimum atomic E-state index is 0.0439. The highest BCUT2D eigenvalue weighted by Gasteiger charge is 2.44. The Labute approximate surface area is 253 Å². The summed E-state index contributed by atoms with van der Waals surface area (Å²) in [5.74, 6) is 1.18. The van der Waals surface area contributed by atoms with Crippen molar-refractivity contribution in [3.63, 3.8) is 0 Å². The molecular weight excluding hydrogens is 542 g/mol. The molecule has 0 spiro atoms. The van der Waals surface area contributed by atoms with Gasteiger partial charge in [-0.3, -0.25) is 9.69 Å². The zero-order valence-corrected chi connectivity index (χ0v) is 25.1. The summed E-state index contributed by atoms with van der Waals surface area (Å²) in [5, 5.41) is 0.486. The van der Waals surface area contributed by atoms with Crippen molar-refractivity contribution < 1.29 is 4.79 Å². The van der Waals surface area contributed by atoms with Gasteiger partial charge in [0, 0.05) is 36.8 Å². The lowest BCUT2D eigenvalue weighted by Gasteiger charge is -2.45. The van der Waals surface area contributed by atoms with Crippen LogP contribution >= 0.6 is 11.6 Å². The molecule has 3 aromatic carbocycles. The van der Waals surface area contributed by atoms with Crippen LogP contribution in [-0.2, 0) is 5.41 Å². The van der Waals surface area contributed by atoms with Crippen molar-refractivity contribution in [1.29, 1.82) is 0 Å². The number of nitrogen functional groups attached to an aromatic ring is 1. The first kappa shape index (κ1) is 27.5. The number of benzene rings is 3. The molecule has 0 aliphatic carbocycles. The maximum Gasteiger partial charge on any atom is 0.253 e. The highest BCUT2D eigenvalue weighted by molar-refractivity contribution is 6.33. The van der Waals surface area contributed by atoms with Crippen molar-refractivity contribution in [3.05, 3.63) is 94.8 Å². The number of amides is 1. The molecule has 42 heavy (non-hydrogen) atoms. The zero-order chi connectivity index (χ0) is 28.8. The van der Waals surface area contributed by atoms with Crippen LogP contribution in [0.3, 0.4) is 0 Å². The summed E-state index contributed by atoms with van der Waals surface area (Å²) >= 11 is 6.11. The van der Waals surface area contributed by atoms with Crippen LogP contribution in [0.2, 0.25) is 5.02 Å². The molecule has 4 aromatic rings. The number of nitrogens with zero attached hydrogens (tertiary/aromatic N) is 4. The molecule has 2 unspecified atom stereocenters. The van der Waals surface area contributed by atoms with Crippen LogP contribution in [0.25, 0.3) is 11.0 Å². The van der Waals surface area contributed by atoms with E-state index in [9.17, 15) is 4.79 Å². The number of imidazole rings is 1. The second-order valence-corrected chi connectivity index (χ2v) is 13.1. The molecule has 3 fully saturated rings. The van der Waals surface area contributed by atoms with Crippen molar-refractivity contribution in [3.8, 4) is 0 Å². The number of rotatable bonds is 6. The monoisotopic (exact) mass is 581 g/mol. The van der Waals surface area contributed by atoms with E-state index in [2.05, 4.69) is 71.0 Å². The Hall–Kier alpha value is -3.35. The second kappa shape index (κ2) is 11.1. The van der Waals surface area contributed by atoms with Crippen molar-refractivity contribution >= 4 is 34.2 Å². The van der Waals surface area contributed by atoms with Crippen LogP contribution in [-0.4, -0.2) is 57.0 Å². The molecule has 3 saturated heterocycles. The third kappa shape index (κ3) is 4.88. The number of hydrogen-bond acceptors (Lipinski definition) is 4. The molecule has 2 N–H and O–H groups in total. The number of hydrogen-bond donors (Lipinski definition) is 1. The number of aryl methyl sites for hydroxylation is 1. The number of piperidine rings is 2. The smallest absolute Gasteiger partial charge is 0.253 e. The van der Waals surface area contributed by atoms with E-state index >= 15 is 0 Å². The highest BCUT2D eigenvalue weighted by atomic mass is 35.5. The average Bonchev–Trinajstić information content (AvgIpc) is 3.48. The van der Waals surface area contributed by atoms with Gasteiger partial charge < -0.3 is 15.2 Å². The summed E-state index contributed by atoms with van der Waals surface area (Å²) in [6.45, 7) is 4.77. The van der Waals surface area contributed by atoms with Crippen LogP contribution in [0.1, 0.15) is 72.7 Å². The lowest BCUT2D eigenvalue weighted by atomic mass is 9.70. The van der Waals surface area contributed by atoms with Gasteiger partial charge in [-0.15, -0.1) is 0 Å². The molecule has 6 nitrogen and oxygen atoms in total. The molecule has 7 heteroatoms. The van der Waals surface area contributed by atoms with Gasteiger partial charge in [0.25, 0.3) is 5.91 Å². The molecule has 0 radical (unpaired) electrons. The van der Waals surface area contributed by atoms with Crippen molar-refractivity contribution in [2.75, 3.05) is 25.4 Å². The number of carbonyl (C=O) groups excluding carboxylic acids is 1. The quantitative estimate of drug-likeness (QED) is 0.249. The molecule has 2 atom stereocenters. The van der Waals surface area contributed by atoms with E-state index in [1.54, 1.807) is 18.2 Å². The summed E-state index contributed by atoms with van der Waals surface area (Å²) in [4.78, 5) is 23.1. The number of anilines is 1. The molecule has 4 heterocycles. The van der Waals surface area contributed by atoms with Crippen LogP contribution in [0, 0.1) is 6.92 Å². The summed E-state index contributed by atoms with van der Waals surface area (Å²) in [7, 11) is 0. The summed E-state index contributed by atoms with van der Waals surface area (Å²) in [5.41, 5.74) is 10.9. The fourth-order valence-electron chi connectivity index (χ4n) is 8.26. The Morgan fingerprint density at radius 1 is 0.952 bits per heavy atom. The van der Waals surface area contributed by atoms with E-state index in [4.69, 9.17) is 22.3 Å².